The molecule has 0 saturated carbocycles. The number of rotatable bonds is 7. The molecule has 0 N–H and O–H groups in total. The number of allylic oxidation sites excluding steroid dienone is 3. The highest BCUT2D eigenvalue weighted by molar-refractivity contribution is 6.12. The van der Waals surface area contributed by atoms with Gasteiger partial charge in [-0.1, -0.05) is 72.8 Å². The van der Waals surface area contributed by atoms with Crippen LogP contribution in [0.5, 0.6) is 11.5 Å². The lowest BCUT2D eigenvalue weighted by atomic mass is 10.1. The van der Waals surface area contributed by atoms with Crippen LogP contribution in [0.1, 0.15) is 34.5 Å². The number of carbonyl (C=O) groups excluding carboxylic acids is 2. The van der Waals surface area contributed by atoms with Gasteiger partial charge >= 0.3 is 5.97 Å². The molecule has 1 aliphatic heterocycles. The summed E-state index contributed by atoms with van der Waals surface area (Å²) in [6.07, 6.45) is 4.39. The summed E-state index contributed by atoms with van der Waals surface area (Å²) < 4.78 is 16.9. The van der Waals surface area contributed by atoms with Crippen molar-refractivity contribution in [3.8, 4) is 11.5 Å². The van der Waals surface area contributed by atoms with Crippen molar-refractivity contribution in [2.75, 3.05) is 6.61 Å². The summed E-state index contributed by atoms with van der Waals surface area (Å²) in [7, 11) is 0. The van der Waals surface area contributed by atoms with Crippen LogP contribution < -0.4 is 9.47 Å². The Morgan fingerprint density at radius 1 is 1.00 bits per heavy atom. The first-order chi connectivity index (χ1) is 15.7. The van der Waals surface area contributed by atoms with Crippen LogP contribution in [0, 0.1) is 0 Å². The van der Waals surface area contributed by atoms with Crippen LogP contribution in [-0.4, -0.2) is 18.4 Å². The molecule has 0 aromatic heterocycles. The molecule has 32 heavy (non-hydrogen) atoms. The maximum atomic E-state index is 12.6. The van der Waals surface area contributed by atoms with E-state index in [0.29, 0.717) is 22.6 Å². The van der Waals surface area contributed by atoms with Crippen molar-refractivity contribution in [1.82, 2.24) is 0 Å². The summed E-state index contributed by atoms with van der Waals surface area (Å²) >= 11 is 0. The second kappa shape index (κ2) is 9.79. The van der Waals surface area contributed by atoms with E-state index in [0.717, 1.165) is 5.56 Å². The molecule has 0 radical (unpaired) electrons. The Balaban J connectivity index is 1.53. The fraction of sp³-hybridized carbons (Fsp3) is 0.111. The zero-order valence-corrected chi connectivity index (χ0v) is 17.6. The lowest BCUT2D eigenvalue weighted by molar-refractivity contribution is -0.151. The molecule has 1 heterocycles. The zero-order valence-electron chi connectivity index (χ0n) is 17.6. The smallest absolute Gasteiger partial charge is 0.352 e. The number of esters is 1. The van der Waals surface area contributed by atoms with Crippen molar-refractivity contribution in [2.24, 2.45) is 0 Å². The van der Waals surface area contributed by atoms with Gasteiger partial charge in [0.2, 0.25) is 11.9 Å². The Hall–Kier alpha value is -4.12. The minimum absolute atomic E-state index is 0.200. The lowest BCUT2D eigenvalue weighted by Gasteiger charge is -2.18. The van der Waals surface area contributed by atoms with Crippen LogP contribution in [0.25, 0.3) is 6.08 Å². The van der Waals surface area contributed by atoms with E-state index in [-0.39, 0.29) is 18.1 Å². The molecule has 0 spiro atoms. The van der Waals surface area contributed by atoms with E-state index >= 15 is 0 Å². The highest BCUT2D eigenvalue weighted by Gasteiger charge is 2.29. The average Bonchev–Trinajstić information content (AvgIpc) is 3.13. The SMILES string of the molecule is CCOC(=O)C(Oc1ccc2c(c1)O/C(=C\C=C\c1ccccc1)C2=O)c1ccccc1. The van der Waals surface area contributed by atoms with Crippen molar-refractivity contribution in [1.29, 1.82) is 0 Å². The van der Waals surface area contributed by atoms with Gasteiger partial charge in [0.1, 0.15) is 11.5 Å². The van der Waals surface area contributed by atoms with Gasteiger partial charge in [0.15, 0.2) is 5.76 Å². The molecule has 4 rings (SSSR count). The number of Topliss-reactive ketones (excluding diaryl/α,β-unsaturated/α-hetero) is 1. The van der Waals surface area contributed by atoms with Crippen molar-refractivity contribution >= 4 is 17.8 Å². The van der Waals surface area contributed by atoms with Crippen LogP contribution >= 0.6 is 0 Å². The number of fused-ring (bicyclic) bond motifs is 1. The van der Waals surface area contributed by atoms with Crippen molar-refractivity contribution in [3.63, 3.8) is 0 Å². The fourth-order valence-corrected chi connectivity index (χ4v) is 3.30. The van der Waals surface area contributed by atoms with Gasteiger partial charge in [0.05, 0.1) is 12.2 Å². The first kappa shape index (κ1) is 21.1. The third-order valence-corrected chi connectivity index (χ3v) is 4.83. The molecule has 0 saturated heterocycles. The molecule has 0 amide bonds. The van der Waals surface area contributed by atoms with E-state index in [1.54, 1.807) is 49.4 Å². The molecule has 5 nitrogen and oxygen atoms in total. The summed E-state index contributed by atoms with van der Waals surface area (Å²) in [5.74, 6) is 0.341. The predicted molar refractivity (Wildman–Crippen MR) is 121 cm³/mol. The van der Waals surface area contributed by atoms with Crippen molar-refractivity contribution < 1.29 is 23.8 Å². The van der Waals surface area contributed by atoms with Crippen molar-refractivity contribution in [3.05, 3.63) is 113 Å². The van der Waals surface area contributed by atoms with Crippen LogP contribution in [0.3, 0.4) is 0 Å². The van der Waals surface area contributed by atoms with Gasteiger partial charge in [-0.2, -0.15) is 0 Å². The topological polar surface area (TPSA) is 61.8 Å². The van der Waals surface area contributed by atoms with E-state index in [9.17, 15) is 9.59 Å². The third-order valence-electron chi connectivity index (χ3n) is 4.83. The Bertz CT molecular complexity index is 1160. The summed E-state index contributed by atoms with van der Waals surface area (Å²) in [5, 5.41) is 0. The normalized spacial score (nSPS) is 14.8. The molecule has 3 aromatic rings. The van der Waals surface area contributed by atoms with Gasteiger partial charge in [0, 0.05) is 11.6 Å². The minimum atomic E-state index is -0.921. The van der Waals surface area contributed by atoms with Crippen LogP contribution in [0.4, 0.5) is 0 Å². The Morgan fingerprint density at radius 2 is 1.72 bits per heavy atom. The number of hydrogen-bond donors (Lipinski definition) is 0. The number of hydrogen-bond acceptors (Lipinski definition) is 5. The Labute approximate surface area is 186 Å². The van der Waals surface area contributed by atoms with Crippen LogP contribution in [-0.2, 0) is 9.53 Å². The molecule has 0 aliphatic carbocycles. The standard InChI is InChI=1S/C27H22O5/c1-2-30-27(29)26(20-13-7-4-8-14-20)31-21-16-17-22-24(18-21)32-23(25(22)28)15-9-12-19-10-5-3-6-11-19/h3-18,26H,2H2,1H3/b12-9+,23-15-. The summed E-state index contributed by atoms with van der Waals surface area (Å²) in [6, 6.07) is 23.8. The number of carbonyl (C=O) groups is 2. The van der Waals surface area contributed by atoms with E-state index < -0.39 is 12.1 Å². The van der Waals surface area contributed by atoms with Gasteiger partial charge < -0.3 is 14.2 Å². The lowest BCUT2D eigenvalue weighted by Crippen LogP contribution is -2.21. The van der Waals surface area contributed by atoms with E-state index in [1.165, 1.54) is 0 Å². The maximum Gasteiger partial charge on any atom is 0.352 e. The largest absolute Gasteiger partial charge is 0.474 e. The first-order valence-corrected chi connectivity index (χ1v) is 10.3. The molecular weight excluding hydrogens is 404 g/mol. The van der Waals surface area contributed by atoms with Crippen molar-refractivity contribution in [2.45, 2.75) is 13.0 Å². The number of ether oxygens (including phenoxy) is 3. The maximum absolute atomic E-state index is 12.6. The molecule has 3 aromatic carbocycles. The predicted octanol–water partition coefficient (Wildman–Crippen LogP) is 5.54. The van der Waals surface area contributed by atoms with Crippen LogP contribution in [0.15, 0.2) is 96.8 Å². The quantitative estimate of drug-likeness (QED) is 0.367. The van der Waals surface area contributed by atoms with Gasteiger partial charge in [-0.3, -0.25) is 4.79 Å². The van der Waals surface area contributed by atoms with E-state index in [1.807, 2.05) is 54.6 Å². The van der Waals surface area contributed by atoms with E-state index in [2.05, 4.69) is 0 Å². The molecule has 0 bridgehead atoms. The van der Waals surface area contributed by atoms with Gasteiger partial charge in [-0.05, 0) is 30.7 Å². The number of ketones is 1. The minimum Gasteiger partial charge on any atom is -0.474 e. The molecule has 1 atom stereocenters. The Morgan fingerprint density at radius 3 is 2.44 bits per heavy atom. The average molecular weight is 426 g/mol. The third kappa shape index (κ3) is 4.78. The first-order valence-electron chi connectivity index (χ1n) is 10.3. The van der Waals surface area contributed by atoms with Gasteiger partial charge in [-0.25, -0.2) is 4.79 Å². The summed E-state index contributed by atoms with van der Waals surface area (Å²) in [6.45, 7) is 1.99. The molecule has 1 aliphatic rings. The van der Waals surface area contributed by atoms with Gasteiger partial charge in [0.25, 0.3) is 0 Å². The molecule has 160 valence electrons. The second-order valence-corrected chi connectivity index (χ2v) is 7.05. The number of benzene rings is 3. The molecule has 0 fully saturated rings. The zero-order chi connectivity index (χ0) is 22.3. The monoisotopic (exact) mass is 426 g/mol. The molecular formula is C27H22O5. The highest BCUT2D eigenvalue weighted by Crippen LogP contribution is 2.35. The molecule has 1 unspecified atom stereocenters. The summed E-state index contributed by atoms with van der Waals surface area (Å²) in [4.78, 5) is 25.1. The fourth-order valence-electron chi connectivity index (χ4n) is 3.30. The Kier molecular flexibility index (Phi) is 6.46. The van der Waals surface area contributed by atoms with E-state index in [4.69, 9.17) is 14.2 Å². The van der Waals surface area contributed by atoms with Crippen LogP contribution in [0.2, 0.25) is 0 Å². The second-order valence-electron chi connectivity index (χ2n) is 7.05. The molecule has 5 heteroatoms. The van der Waals surface area contributed by atoms with Gasteiger partial charge in [-0.15, -0.1) is 0 Å². The highest BCUT2D eigenvalue weighted by atomic mass is 16.6. The summed E-state index contributed by atoms with van der Waals surface area (Å²) in [5.41, 5.74) is 2.15.